The molecule has 43 heavy (non-hydrogen) atoms. The second-order valence-corrected chi connectivity index (χ2v) is 30.9. The van der Waals surface area contributed by atoms with Gasteiger partial charge in [0.2, 0.25) is 0 Å². The van der Waals surface area contributed by atoms with Crippen molar-refractivity contribution in [2.75, 3.05) is 13.7 Å². The molecule has 0 aromatic heterocycles. The molecule has 1 aliphatic heterocycles. The van der Waals surface area contributed by atoms with Gasteiger partial charge in [0.25, 0.3) is 0 Å². The number of allylic oxidation sites excluding steroid dienone is 2. The monoisotopic (exact) mass is 712 g/mol. The Morgan fingerprint density at radius 3 is 1.77 bits per heavy atom. The van der Waals surface area contributed by atoms with Gasteiger partial charge < -0.3 is 0 Å². The van der Waals surface area contributed by atoms with Crippen LogP contribution in [0.25, 0.3) is 0 Å². The molecule has 3 nitrogen and oxygen atoms in total. The zero-order chi connectivity index (χ0) is 31.2. The normalized spacial score (nSPS) is 20.0. The molecule has 1 heterocycles. The van der Waals surface area contributed by atoms with Crippen molar-refractivity contribution in [2.24, 2.45) is 5.92 Å². The van der Waals surface area contributed by atoms with Crippen LogP contribution in [0.1, 0.15) is 86.5 Å². The van der Waals surface area contributed by atoms with Crippen LogP contribution in [0.4, 0.5) is 0 Å². The first kappa shape index (κ1) is 36.3. The fraction of sp³-hybridized carbons (Fsp3) is 0.579. The molecule has 5 heteroatoms. The van der Waals surface area contributed by atoms with Crippen LogP contribution in [0.2, 0.25) is 18.3 Å². The Labute approximate surface area is 269 Å². The van der Waals surface area contributed by atoms with Crippen LogP contribution in [0.3, 0.4) is 0 Å². The summed E-state index contributed by atoms with van der Waals surface area (Å²) in [5.74, 6) is 0.263. The van der Waals surface area contributed by atoms with Crippen LogP contribution in [0.15, 0.2) is 83.0 Å². The molecule has 2 aromatic carbocycles. The van der Waals surface area contributed by atoms with E-state index in [0.29, 0.717) is 6.61 Å². The Kier molecular flexibility index (Phi) is 15.3. The molecule has 0 bridgehead atoms. The van der Waals surface area contributed by atoms with Crippen LogP contribution in [0.5, 0.6) is 0 Å². The third kappa shape index (κ3) is 9.90. The Morgan fingerprint density at radius 1 is 0.814 bits per heavy atom. The third-order valence-electron chi connectivity index (χ3n) is 9.42. The van der Waals surface area contributed by atoms with Gasteiger partial charge in [0.05, 0.1) is 0 Å². The minimum atomic E-state index is -2.63. The number of hydrogen-bond acceptors (Lipinski definition) is 3. The quantitative estimate of drug-likeness (QED) is 0.114. The number of unbranched alkanes of at least 4 members (excludes halogenated alkanes) is 3. The van der Waals surface area contributed by atoms with E-state index in [1.165, 1.54) is 62.2 Å². The molecule has 1 aliphatic rings. The fourth-order valence-electron chi connectivity index (χ4n) is 6.89. The molecule has 1 saturated heterocycles. The summed E-state index contributed by atoms with van der Waals surface area (Å²) in [5.41, 5.74) is 0. The van der Waals surface area contributed by atoms with Gasteiger partial charge in [-0.15, -0.1) is 0 Å². The van der Waals surface area contributed by atoms with Crippen LogP contribution in [-0.2, 0) is 13.9 Å². The standard InChI is InChI=1S/C26H33O3Si.3C4H9.Sn/c1-6-7-14-21-19-25(27-5)29-24(21)20-28-30(26(2,3)4,22-15-10-8-11-16-22)23-17-12-9-13-18-23;3*1-3-4-2;/h1,6-18,21,24-25H,19-20H2,2-5H3;3*1,3-4H2,2H3;/b6-1?,14-7-;;;;/t21-,24+,25-;;;;/m1..../s1. The fourth-order valence-corrected chi connectivity index (χ4v) is 25.6. The minimum absolute atomic E-state index is 0.0372. The zero-order valence-corrected chi connectivity index (χ0v) is 32.2. The van der Waals surface area contributed by atoms with E-state index in [9.17, 15) is 0 Å². The summed E-state index contributed by atoms with van der Waals surface area (Å²) in [4.78, 5) is 0. The molecule has 0 unspecified atom stereocenters. The summed E-state index contributed by atoms with van der Waals surface area (Å²) in [6, 6.07) is 21.8. The first-order valence-electron chi connectivity index (χ1n) is 17.0. The zero-order valence-electron chi connectivity index (χ0n) is 28.3. The molecule has 0 radical (unpaired) electrons. The second-order valence-electron chi connectivity index (χ2n) is 13.6. The average Bonchev–Trinajstić information content (AvgIpc) is 3.42. The summed E-state index contributed by atoms with van der Waals surface area (Å²) in [5, 5.41) is 2.55. The molecule has 3 atom stereocenters. The Morgan fingerprint density at radius 2 is 1.33 bits per heavy atom. The van der Waals surface area contributed by atoms with E-state index in [4.69, 9.17) is 13.9 Å². The summed E-state index contributed by atoms with van der Waals surface area (Å²) >= 11 is -2.30. The Bertz CT molecular complexity index is 1030. The molecule has 0 saturated carbocycles. The molecule has 0 N–H and O–H groups in total. The van der Waals surface area contributed by atoms with E-state index in [2.05, 4.69) is 125 Å². The topological polar surface area (TPSA) is 27.7 Å². The molecule has 0 aliphatic carbocycles. The number of rotatable bonds is 18. The van der Waals surface area contributed by atoms with Crippen molar-refractivity contribution in [3.05, 3.63) is 83.0 Å². The van der Waals surface area contributed by atoms with Crippen molar-refractivity contribution in [1.82, 2.24) is 0 Å². The van der Waals surface area contributed by atoms with Crippen molar-refractivity contribution < 1.29 is 13.9 Å². The molecule has 0 amide bonds. The van der Waals surface area contributed by atoms with E-state index in [1.807, 2.05) is 0 Å². The first-order valence-corrected chi connectivity index (χ1v) is 26.7. The van der Waals surface area contributed by atoms with E-state index < -0.39 is 26.7 Å². The molecule has 0 spiro atoms. The predicted octanol–water partition coefficient (Wildman–Crippen LogP) is 9.44. The number of ether oxygens (including phenoxy) is 2. The van der Waals surface area contributed by atoms with Crippen LogP contribution in [-0.4, -0.2) is 52.8 Å². The van der Waals surface area contributed by atoms with E-state index >= 15 is 0 Å². The molecular formula is C38H60O3SiSn. The molecule has 2 aromatic rings. The molecule has 238 valence electrons. The van der Waals surface area contributed by atoms with Gasteiger partial charge in [-0.2, -0.15) is 0 Å². The van der Waals surface area contributed by atoms with Crippen LogP contribution < -0.4 is 10.4 Å². The third-order valence-corrected chi connectivity index (χ3v) is 28.5. The van der Waals surface area contributed by atoms with Crippen molar-refractivity contribution >= 4 is 37.1 Å². The molecule has 3 rings (SSSR count). The second kappa shape index (κ2) is 18.1. The number of hydrogen-bond donors (Lipinski definition) is 0. The van der Waals surface area contributed by atoms with E-state index in [1.54, 1.807) is 7.11 Å². The van der Waals surface area contributed by atoms with E-state index in [0.717, 1.165) is 6.42 Å². The predicted molar refractivity (Wildman–Crippen MR) is 191 cm³/mol. The van der Waals surface area contributed by atoms with Gasteiger partial charge in [-0.1, -0.05) is 12.1 Å². The van der Waals surface area contributed by atoms with Crippen molar-refractivity contribution in [1.29, 1.82) is 0 Å². The van der Waals surface area contributed by atoms with Crippen molar-refractivity contribution in [2.45, 2.75) is 117 Å². The van der Waals surface area contributed by atoms with Crippen molar-refractivity contribution in [3.8, 4) is 0 Å². The maximum atomic E-state index is 7.28. The summed E-state index contributed by atoms with van der Waals surface area (Å²) < 4.78 is 26.7. The van der Waals surface area contributed by atoms with Crippen LogP contribution >= 0.6 is 0 Å². The van der Waals surface area contributed by atoms with E-state index in [-0.39, 0.29) is 23.4 Å². The maximum absolute atomic E-state index is 7.28. The molecular weight excluding hydrogens is 651 g/mol. The van der Waals surface area contributed by atoms with Crippen molar-refractivity contribution in [3.63, 3.8) is 0 Å². The summed E-state index contributed by atoms with van der Waals surface area (Å²) in [7, 11) is -0.872. The summed E-state index contributed by atoms with van der Waals surface area (Å²) in [6.45, 7) is 14.6. The Hall–Kier alpha value is -1.18. The molecule has 1 fully saturated rings. The first-order chi connectivity index (χ1) is 20.7. The van der Waals surface area contributed by atoms with Gasteiger partial charge in [0.1, 0.15) is 0 Å². The average molecular weight is 712 g/mol. The van der Waals surface area contributed by atoms with Gasteiger partial charge in [0, 0.05) is 0 Å². The number of methoxy groups -OCH3 is 1. The van der Waals surface area contributed by atoms with Gasteiger partial charge in [-0.3, -0.25) is 0 Å². The Balaban J connectivity index is 1.86. The van der Waals surface area contributed by atoms with Gasteiger partial charge in [-0.05, 0) is 0 Å². The SMILES string of the molecule is CCC[CH2][Sn](/[CH]=C/C=C\[C@@H]1C[C@H](OC)O[C@H]1CO[Si](c1ccccc1)(c1ccccc1)C(C)(C)C)([CH2]CCC)[CH2]CCC. The number of benzene rings is 2. The van der Waals surface area contributed by atoms with Crippen LogP contribution in [0, 0.1) is 5.92 Å². The van der Waals surface area contributed by atoms with Gasteiger partial charge in [-0.25, -0.2) is 0 Å². The summed E-state index contributed by atoms with van der Waals surface area (Å²) in [6.07, 6.45) is 15.9. The van der Waals surface area contributed by atoms with Gasteiger partial charge >= 0.3 is 259 Å². The van der Waals surface area contributed by atoms with Gasteiger partial charge in [0.15, 0.2) is 0 Å².